The van der Waals surface area contributed by atoms with E-state index >= 15 is 0 Å². The summed E-state index contributed by atoms with van der Waals surface area (Å²) in [4.78, 5) is 0. The molecule has 0 aromatic carbocycles. The van der Waals surface area contributed by atoms with E-state index in [1.165, 1.54) is 0 Å². The molecule has 0 heterocycles. The van der Waals surface area contributed by atoms with Crippen molar-refractivity contribution >= 4 is 48.9 Å². The van der Waals surface area contributed by atoms with Gasteiger partial charge in [0, 0.05) is 102 Å². The maximum absolute atomic E-state index is 8.42. The Bertz CT molecular complexity index is 15.5. The summed E-state index contributed by atoms with van der Waals surface area (Å²) < 4.78 is 8.42. The maximum atomic E-state index is 8.42. The van der Waals surface area contributed by atoms with Crippen LogP contribution in [-0.4, -0.2) is 48.9 Å². The molecule has 1 nitrogen and oxygen atoms in total. The van der Waals surface area contributed by atoms with Crippen LogP contribution in [-0.2, 0) is 18.2 Å². The topological polar surface area (TPSA) is 17.1 Å². The van der Waals surface area contributed by atoms with E-state index in [9.17, 15) is 0 Å². The Balaban J connectivity index is -0.000000000833. The van der Waals surface area contributed by atoms with E-state index in [2.05, 4.69) is 0 Å². The Morgan fingerprint density at radius 3 is 1.17 bits per heavy atom. The average Bonchev–Trinajstić information content (AvgIpc) is 1.00. The zero-order chi connectivity index (χ0) is 2.00. The van der Waals surface area contributed by atoms with E-state index in [1.807, 2.05) is 0 Å². The van der Waals surface area contributed by atoms with Crippen LogP contribution in [0.1, 0.15) is 0 Å². The van der Waals surface area contributed by atoms with Gasteiger partial charge < -0.3 is 0 Å². The fourth-order valence-electron chi connectivity index (χ4n) is 0. The summed E-state index contributed by atoms with van der Waals surface area (Å²) in [6.07, 6.45) is 0. The van der Waals surface area contributed by atoms with Crippen molar-refractivity contribution in [1.82, 2.24) is 0 Å². The van der Waals surface area contributed by atoms with E-state index in [1.54, 1.807) is 0 Å². The fraction of sp³-hybridized carbons (Fsp3) is 0. The van der Waals surface area contributed by atoms with E-state index in [0.717, 1.165) is 0 Å². The van der Waals surface area contributed by atoms with Crippen LogP contribution in [0.4, 0.5) is 0 Å². The summed E-state index contributed by atoms with van der Waals surface area (Å²) >= 11 is -0.0918. The van der Waals surface area contributed by atoms with Gasteiger partial charge in [-0.05, 0) is 0 Å². The van der Waals surface area contributed by atoms with Crippen molar-refractivity contribution in [3.05, 3.63) is 0 Å². The molecule has 35 valence electrons. The molecule has 3 radical (unpaired) electrons. The van der Waals surface area contributed by atoms with Gasteiger partial charge in [-0.3, -0.25) is 0 Å². The quantitative estimate of drug-likeness (QED) is 0.291. The summed E-state index contributed by atoms with van der Waals surface area (Å²) in [6, 6.07) is 0. The standard InChI is InChI=1S/Ba.Cu.Eu.La.O.Th.2H. The van der Waals surface area contributed by atoms with Gasteiger partial charge in [0.15, 0.2) is 0 Å². The SMILES string of the molecule is [BaH2].[Cu].[Eu].[La].[O]=[Th]. The monoisotopic (exact) mass is 743 g/mol. The van der Waals surface area contributed by atoms with Gasteiger partial charge in [-0.1, -0.05) is 0 Å². The molecule has 0 aliphatic heterocycles. The minimum atomic E-state index is -0.0918. The Hall–Kier alpha value is 5.99. The normalized spacial score (nSPS) is 1.00. The van der Waals surface area contributed by atoms with Crippen molar-refractivity contribution in [2.24, 2.45) is 0 Å². The molecule has 0 saturated heterocycles. The van der Waals surface area contributed by atoms with Gasteiger partial charge in [0.25, 0.3) is 0 Å². The molecule has 0 atom stereocenters. The van der Waals surface area contributed by atoms with Crippen LogP contribution < -0.4 is 0 Å². The average molecular weight is 742 g/mol. The third-order valence-electron chi connectivity index (χ3n) is 0. The molecule has 0 aromatic heterocycles. The van der Waals surface area contributed by atoms with Gasteiger partial charge in [0.1, 0.15) is 0 Å². The Labute approximate surface area is 183 Å². The van der Waals surface area contributed by atoms with Gasteiger partial charge >= 0.3 is 88.1 Å². The summed E-state index contributed by atoms with van der Waals surface area (Å²) in [5.74, 6) is 0. The molecule has 0 bridgehead atoms. The van der Waals surface area contributed by atoms with Crippen molar-refractivity contribution in [2.75, 3.05) is 0 Å². The minimum absolute atomic E-state index is 0. The van der Waals surface area contributed by atoms with E-state index < -0.39 is 0 Å². The third-order valence-corrected chi connectivity index (χ3v) is 0. The molecular formula is H2BaCuEuLaOTh. The zero-order valence-electron chi connectivity index (χ0n) is 2.17. The van der Waals surface area contributed by atoms with Crippen molar-refractivity contribution in [3.8, 4) is 0 Å². The van der Waals surface area contributed by atoms with Crippen LogP contribution in [0, 0.1) is 123 Å². The second kappa shape index (κ2) is 30.6. The van der Waals surface area contributed by atoms with Crippen LogP contribution in [0.2, 0.25) is 0 Å². The molecule has 0 aliphatic rings. The number of hydrogen-bond acceptors (Lipinski definition) is 1. The van der Waals surface area contributed by atoms with Crippen LogP contribution in [0.3, 0.4) is 0 Å². The van der Waals surface area contributed by atoms with Crippen molar-refractivity contribution in [3.63, 3.8) is 0 Å². The van der Waals surface area contributed by atoms with Crippen molar-refractivity contribution in [1.29, 1.82) is 0 Å². The molecule has 6 heavy (non-hydrogen) atoms. The summed E-state index contributed by atoms with van der Waals surface area (Å²) in [6.45, 7) is 0. The van der Waals surface area contributed by atoms with Crippen LogP contribution in [0.15, 0.2) is 0 Å². The first kappa shape index (κ1) is 29.6. The first-order valence-corrected chi connectivity index (χ1v) is 1.88. The molecule has 0 rings (SSSR count). The second-order valence-electron chi connectivity index (χ2n) is 0. The molecule has 0 aromatic rings. The Morgan fingerprint density at radius 2 is 1.17 bits per heavy atom. The molecule has 0 spiro atoms. The van der Waals surface area contributed by atoms with Crippen LogP contribution in [0.5, 0.6) is 0 Å². The zero-order valence-corrected chi connectivity index (χ0v) is 13.3. The Morgan fingerprint density at radius 1 is 1.17 bits per heavy atom. The van der Waals surface area contributed by atoms with Crippen LogP contribution >= 0.6 is 0 Å². The van der Waals surface area contributed by atoms with Crippen LogP contribution in [0.25, 0.3) is 0 Å². The van der Waals surface area contributed by atoms with Gasteiger partial charge in [0.05, 0.1) is 0 Å². The molecule has 0 N–H and O–H groups in total. The molecule has 0 fully saturated rings. The van der Waals surface area contributed by atoms with E-state index in [-0.39, 0.29) is 189 Å². The third kappa shape index (κ3) is 22.5. The summed E-state index contributed by atoms with van der Waals surface area (Å²) in [5.41, 5.74) is 0. The van der Waals surface area contributed by atoms with E-state index in [0.29, 0.717) is 0 Å². The van der Waals surface area contributed by atoms with Gasteiger partial charge in [0.2, 0.25) is 0 Å². The second-order valence-corrected chi connectivity index (χ2v) is 0. The van der Waals surface area contributed by atoms with Gasteiger partial charge in [-0.2, -0.15) is 0 Å². The fourth-order valence-corrected chi connectivity index (χ4v) is 0. The predicted molar refractivity (Wildman–Crippen MR) is 9.23 cm³/mol. The molecular weight excluding hydrogens is 740 g/mol. The molecule has 0 saturated carbocycles. The first-order chi connectivity index (χ1) is 1.00. The van der Waals surface area contributed by atoms with E-state index in [4.69, 9.17) is 1.16 Å². The summed E-state index contributed by atoms with van der Waals surface area (Å²) in [7, 11) is 0. The van der Waals surface area contributed by atoms with Crippen molar-refractivity contribution in [2.45, 2.75) is 0 Å². The van der Waals surface area contributed by atoms with Gasteiger partial charge in [-0.15, -0.1) is 0 Å². The van der Waals surface area contributed by atoms with Gasteiger partial charge in [-0.25, -0.2) is 0 Å². The molecule has 6 heteroatoms. The molecule has 0 unspecified atom stereocenters. The van der Waals surface area contributed by atoms with Crippen molar-refractivity contribution < 1.29 is 141 Å². The Kier molecular flexibility index (Phi) is 151. The molecule has 0 amide bonds. The number of rotatable bonds is 0. The predicted octanol–water partition coefficient (Wildman–Crippen LogP) is -1.04. The summed E-state index contributed by atoms with van der Waals surface area (Å²) in [5, 5.41) is 0. The first-order valence-electron chi connectivity index (χ1n) is 0.204. The number of hydrogen-bond donors (Lipinski definition) is 0. The molecule has 0 aliphatic carbocycles.